The van der Waals surface area contributed by atoms with E-state index in [-0.39, 0.29) is 18.4 Å². The molecule has 1 aliphatic heterocycles. The Morgan fingerprint density at radius 3 is 2.67 bits per heavy atom. The van der Waals surface area contributed by atoms with Crippen molar-refractivity contribution >= 4 is 17.8 Å². The van der Waals surface area contributed by atoms with E-state index in [2.05, 4.69) is 5.32 Å². The maximum Gasteiger partial charge on any atom is 0.308 e. The summed E-state index contributed by atoms with van der Waals surface area (Å²) in [5.74, 6) is -1.83. The lowest BCUT2D eigenvalue weighted by Gasteiger charge is -2.27. The standard InChI is InChI=1S/C14H24N2O5/c1-10(14(19)20)9-16(7-4-6-15-11(2)17)13(18)12-5-3-8-21-12/h10,12H,3-9H2,1-2H3,(H,15,17)(H,19,20). The van der Waals surface area contributed by atoms with Crippen LogP contribution < -0.4 is 5.32 Å². The van der Waals surface area contributed by atoms with Crippen molar-refractivity contribution in [2.75, 3.05) is 26.2 Å². The zero-order valence-corrected chi connectivity index (χ0v) is 12.6. The number of hydrogen-bond donors (Lipinski definition) is 2. The number of nitrogens with zero attached hydrogens (tertiary/aromatic N) is 1. The Hall–Kier alpha value is -1.63. The smallest absolute Gasteiger partial charge is 0.308 e. The fraction of sp³-hybridized carbons (Fsp3) is 0.786. The van der Waals surface area contributed by atoms with Crippen molar-refractivity contribution < 1.29 is 24.2 Å². The lowest BCUT2D eigenvalue weighted by Crippen LogP contribution is -2.43. The lowest BCUT2D eigenvalue weighted by atomic mass is 10.1. The molecule has 0 aromatic carbocycles. The van der Waals surface area contributed by atoms with E-state index < -0.39 is 18.0 Å². The van der Waals surface area contributed by atoms with E-state index in [1.54, 1.807) is 6.92 Å². The van der Waals surface area contributed by atoms with Gasteiger partial charge in [0.25, 0.3) is 5.91 Å². The molecule has 2 atom stereocenters. The Labute approximate surface area is 124 Å². The van der Waals surface area contributed by atoms with Gasteiger partial charge < -0.3 is 20.1 Å². The van der Waals surface area contributed by atoms with Gasteiger partial charge in [0.15, 0.2) is 0 Å². The van der Waals surface area contributed by atoms with Gasteiger partial charge in [-0.3, -0.25) is 14.4 Å². The zero-order chi connectivity index (χ0) is 15.8. The molecule has 0 aliphatic carbocycles. The van der Waals surface area contributed by atoms with Gasteiger partial charge in [-0.05, 0) is 19.3 Å². The largest absolute Gasteiger partial charge is 0.481 e. The Morgan fingerprint density at radius 2 is 2.14 bits per heavy atom. The number of aliphatic carboxylic acids is 1. The van der Waals surface area contributed by atoms with Gasteiger partial charge in [0.1, 0.15) is 6.10 Å². The quantitative estimate of drug-likeness (QED) is 0.626. The number of amides is 2. The Kier molecular flexibility index (Phi) is 7.14. The van der Waals surface area contributed by atoms with E-state index in [0.717, 1.165) is 6.42 Å². The van der Waals surface area contributed by atoms with Gasteiger partial charge in [0.2, 0.25) is 5.91 Å². The number of carboxylic acids is 1. The van der Waals surface area contributed by atoms with Gasteiger partial charge in [-0.1, -0.05) is 6.92 Å². The molecule has 1 heterocycles. The molecule has 2 N–H and O–H groups in total. The second kappa shape index (κ2) is 8.61. The van der Waals surface area contributed by atoms with Crippen LogP contribution in [0.15, 0.2) is 0 Å². The first-order chi connectivity index (χ1) is 9.91. The normalized spacial score (nSPS) is 19.0. The number of ether oxygens (including phenoxy) is 1. The Bertz CT molecular complexity index is 380. The maximum atomic E-state index is 12.4. The molecule has 0 saturated carbocycles. The van der Waals surface area contributed by atoms with Crippen molar-refractivity contribution in [1.29, 1.82) is 0 Å². The highest BCUT2D eigenvalue weighted by Crippen LogP contribution is 2.16. The van der Waals surface area contributed by atoms with E-state index in [9.17, 15) is 14.4 Å². The van der Waals surface area contributed by atoms with E-state index in [0.29, 0.717) is 32.5 Å². The van der Waals surface area contributed by atoms with E-state index in [1.165, 1.54) is 11.8 Å². The number of rotatable bonds is 8. The van der Waals surface area contributed by atoms with Crippen LogP contribution in [-0.2, 0) is 19.1 Å². The minimum absolute atomic E-state index is 0.120. The Morgan fingerprint density at radius 1 is 1.43 bits per heavy atom. The maximum absolute atomic E-state index is 12.4. The van der Waals surface area contributed by atoms with E-state index in [4.69, 9.17) is 9.84 Å². The summed E-state index contributed by atoms with van der Waals surface area (Å²) in [5, 5.41) is 11.7. The molecular formula is C14H24N2O5. The second-order valence-corrected chi connectivity index (χ2v) is 5.36. The number of hydrogen-bond acceptors (Lipinski definition) is 4. The summed E-state index contributed by atoms with van der Waals surface area (Å²) in [4.78, 5) is 35.7. The SMILES string of the molecule is CC(=O)NCCCN(CC(C)C(=O)O)C(=O)C1CCCO1. The highest BCUT2D eigenvalue weighted by atomic mass is 16.5. The number of carbonyl (C=O) groups is 3. The number of carboxylic acid groups (broad SMARTS) is 1. The third kappa shape index (κ3) is 6.12. The fourth-order valence-electron chi connectivity index (χ4n) is 2.21. The first-order valence-electron chi connectivity index (χ1n) is 7.29. The van der Waals surface area contributed by atoms with Gasteiger partial charge in [-0.25, -0.2) is 0 Å². The predicted molar refractivity (Wildman–Crippen MR) is 75.7 cm³/mol. The highest BCUT2D eigenvalue weighted by molar-refractivity contribution is 5.82. The molecule has 0 aromatic heterocycles. The van der Waals surface area contributed by atoms with Gasteiger partial charge in [-0.2, -0.15) is 0 Å². The lowest BCUT2D eigenvalue weighted by molar-refractivity contribution is -0.146. The zero-order valence-electron chi connectivity index (χ0n) is 12.6. The van der Waals surface area contributed by atoms with Crippen LogP contribution in [0.2, 0.25) is 0 Å². The number of nitrogens with one attached hydrogen (secondary N) is 1. The van der Waals surface area contributed by atoms with Crippen LogP contribution in [0.25, 0.3) is 0 Å². The predicted octanol–water partition coefficient (Wildman–Crippen LogP) is 0.241. The van der Waals surface area contributed by atoms with Crippen molar-refractivity contribution in [1.82, 2.24) is 10.2 Å². The third-order valence-electron chi connectivity index (χ3n) is 3.41. The van der Waals surface area contributed by atoms with Crippen LogP contribution in [0.1, 0.15) is 33.1 Å². The molecule has 120 valence electrons. The van der Waals surface area contributed by atoms with Crippen molar-refractivity contribution in [2.45, 2.75) is 39.2 Å². The first kappa shape index (κ1) is 17.4. The molecule has 1 saturated heterocycles. The van der Waals surface area contributed by atoms with Crippen molar-refractivity contribution in [3.8, 4) is 0 Å². The van der Waals surface area contributed by atoms with E-state index in [1.807, 2.05) is 0 Å². The minimum atomic E-state index is -0.929. The monoisotopic (exact) mass is 300 g/mol. The molecule has 1 aliphatic rings. The van der Waals surface area contributed by atoms with Crippen LogP contribution in [0, 0.1) is 5.92 Å². The summed E-state index contributed by atoms with van der Waals surface area (Å²) >= 11 is 0. The van der Waals surface area contributed by atoms with Gasteiger partial charge in [0.05, 0.1) is 5.92 Å². The molecule has 0 bridgehead atoms. The molecule has 1 rings (SSSR count). The number of carbonyl (C=O) groups excluding carboxylic acids is 2. The van der Waals surface area contributed by atoms with Crippen LogP contribution in [0.4, 0.5) is 0 Å². The summed E-state index contributed by atoms with van der Waals surface area (Å²) in [7, 11) is 0. The summed E-state index contributed by atoms with van der Waals surface area (Å²) in [5.41, 5.74) is 0. The average molecular weight is 300 g/mol. The molecule has 0 spiro atoms. The third-order valence-corrected chi connectivity index (χ3v) is 3.41. The van der Waals surface area contributed by atoms with Crippen molar-refractivity contribution in [3.63, 3.8) is 0 Å². The molecule has 7 nitrogen and oxygen atoms in total. The van der Waals surface area contributed by atoms with Crippen LogP contribution in [0.5, 0.6) is 0 Å². The summed E-state index contributed by atoms with van der Waals surface area (Å²) < 4.78 is 5.37. The molecule has 0 radical (unpaired) electrons. The summed E-state index contributed by atoms with van der Waals surface area (Å²) in [6.45, 7) is 4.62. The minimum Gasteiger partial charge on any atom is -0.481 e. The first-order valence-corrected chi connectivity index (χ1v) is 7.29. The molecule has 0 aromatic rings. The topological polar surface area (TPSA) is 95.9 Å². The van der Waals surface area contributed by atoms with Crippen LogP contribution in [-0.4, -0.2) is 60.1 Å². The van der Waals surface area contributed by atoms with Crippen molar-refractivity contribution in [3.05, 3.63) is 0 Å². The van der Waals surface area contributed by atoms with Crippen LogP contribution in [0.3, 0.4) is 0 Å². The summed E-state index contributed by atoms with van der Waals surface area (Å²) in [6.07, 6.45) is 1.67. The molecule has 7 heteroatoms. The molecule has 2 unspecified atom stereocenters. The van der Waals surface area contributed by atoms with E-state index >= 15 is 0 Å². The summed E-state index contributed by atoms with van der Waals surface area (Å²) in [6, 6.07) is 0. The molecule has 1 fully saturated rings. The molecular weight excluding hydrogens is 276 g/mol. The second-order valence-electron chi connectivity index (χ2n) is 5.36. The van der Waals surface area contributed by atoms with Gasteiger partial charge in [0, 0.05) is 33.2 Å². The van der Waals surface area contributed by atoms with Gasteiger partial charge >= 0.3 is 5.97 Å². The van der Waals surface area contributed by atoms with Crippen molar-refractivity contribution in [2.24, 2.45) is 5.92 Å². The van der Waals surface area contributed by atoms with Gasteiger partial charge in [-0.15, -0.1) is 0 Å². The molecule has 21 heavy (non-hydrogen) atoms. The Balaban J connectivity index is 2.53. The fourth-order valence-corrected chi connectivity index (χ4v) is 2.21. The van der Waals surface area contributed by atoms with Crippen LogP contribution >= 0.6 is 0 Å². The average Bonchev–Trinajstić information content (AvgIpc) is 2.94. The highest BCUT2D eigenvalue weighted by Gasteiger charge is 2.29. The molecule has 2 amide bonds.